The molecule has 1 aromatic heterocycles. The molecule has 3 aliphatic rings. The van der Waals surface area contributed by atoms with Crippen molar-refractivity contribution in [3.63, 3.8) is 0 Å². The number of carbonyl (C=O) groups excluding carboxylic acids is 1. The van der Waals surface area contributed by atoms with Crippen LogP contribution in [-0.2, 0) is 4.79 Å². The number of fused-ring (bicyclic) bond motifs is 3. The number of piperidine rings is 3. The van der Waals surface area contributed by atoms with Crippen molar-refractivity contribution >= 4 is 11.6 Å². The topological polar surface area (TPSA) is 70.4 Å². The zero-order valence-electron chi connectivity index (χ0n) is 14.7. The number of nitrogens with one attached hydrogen (secondary N) is 1. The number of aryl methyl sites for hydroxylation is 1. The second kappa shape index (κ2) is 5.97. The molecule has 6 nitrogen and oxygen atoms in total. The van der Waals surface area contributed by atoms with Crippen molar-refractivity contribution in [1.29, 1.82) is 0 Å². The number of nitrogens with zero attached hydrogens (tertiary/aromatic N) is 3. The Hall–Kier alpha value is -2.18. The maximum absolute atomic E-state index is 12.7. The van der Waals surface area contributed by atoms with Crippen LogP contribution in [0.15, 0.2) is 30.6 Å². The highest BCUT2D eigenvalue weighted by molar-refractivity contribution is 5.97. The maximum atomic E-state index is 12.7. The minimum absolute atomic E-state index is 0.0633. The maximum Gasteiger partial charge on any atom is 0.257 e. The smallest absolute Gasteiger partial charge is 0.257 e. The van der Waals surface area contributed by atoms with Crippen molar-refractivity contribution < 1.29 is 9.90 Å². The highest BCUT2D eigenvalue weighted by atomic mass is 16.3. The first-order valence-corrected chi connectivity index (χ1v) is 8.84. The lowest BCUT2D eigenvalue weighted by atomic mass is 9.75. The zero-order chi connectivity index (χ0) is 17.6. The molecule has 132 valence electrons. The Morgan fingerprint density at radius 3 is 2.44 bits per heavy atom. The third-order valence-corrected chi connectivity index (χ3v) is 5.78. The van der Waals surface area contributed by atoms with Crippen molar-refractivity contribution in [2.24, 2.45) is 5.92 Å². The van der Waals surface area contributed by atoms with E-state index in [2.05, 4.69) is 15.2 Å². The minimum atomic E-state index is -1.27. The molecule has 1 atom stereocenters. The van der Waals surface area contributed by atoms with Gasteiger partial charge in [0.15, 0.2) is 5.60 Å². The molecule has 3 fully saturated rings. The Kier molecular flexibility index (Phi) is 3.89. The van der Waals surface area contributed by atoms with Gasteiger partial charge in [-0.3, -0.25) is 9.69 Å². The molecular formula is C19H24N4O2. The molecule has 25 heavy (non-hydrogen) atoms. The Morgan fingerprint density at radius 2 is 1.92 bits per heavy atom. The van der Waals surface area contributed by atoms with Gasteiger partial charge in [-0.05, 0) is 64.0 Å². The molecule has 0 radical (unpaired) electrons. The molecule has 1 unspecified atom stereocenters. The number of aromatic nitrogens is 2. The normalized spacial score (nSPS) is 28.1. The van der Waals surface area contributed by atoms with Gasteiger partial charge in [0.2, 0.25) is 0 Å². The number of amides is 1. The second-order valence-electron chi connectivity index (χ2n) is 7.26. The molecule has 6 heteroatoms. The van der Waals surface area contributed by atoms with Crippen molar-refractivity contribution in [2.45, 2.75) is 32.3 Å². The molecule has 0 saturated carbocycles. The van der Waals surface area contributed by atoms with Crippen molar-refractivity contribution in [2.75, 3.05) is 25.0 Å². The van der Waals surface area contributed by atoms with Crippen LogP contribution in [0, 0.1) is 19.8 Å². The molecule has 2 aromatic rings. The average Bonchev–Trinajstić information content (AvgIpc) is 2.96. The fourth-order valence-corrected chi connectivity index (χ4v) is 4.00. The molecule has 3 saturated heterocycles. The molecule has 1 amide bonds. The fraction of sp³-hybridized carbons (Fsp3) is 0.474. The largest absolute Gasteiger partial charge is 0.378 e. The minimum Gasteiger partial charge on any atom is -0.378 e. The lowest BCUT2D eigenvalue weighted by Crippen LogP contribution is -2.64. The summed E-state index contributed by atoms with van der Waals surface area (Å²) < 4.78 is 2.02. The van der Waals surface area contributed by atoms with Crippen LogP contribution in [0.4, 0.5) is 5.69 Å². The molecule has 0 aliphatic carbocycles. The average molecular weight is 340 g/mol. The molecular weight excluding hydrogens is 316 g/mol. The third kappa shape index (κ3) is 2.75. The van der Waals surface area contributed by atoms with E-state index >= 15 is 0 Å². The summed E-state index contributed by atoms with van der Waals surface area (Å²) in [6.45, 7) is 6.42. The van der Waals surface area contributed by atoms with Gasteiger partial charge in [0.05, 0.1) is 12.0 Å². The number of hydrogen-bond donors (Lipinski definition) is 2. The van der Waals surface area contributed by atoms with E-state index in [0.717, 1.165) is 43.0 Å². The van der Waals surface area contributed by atoms with E-state index in [0.29, 0.717) is 12.2 Å². The van der Waals surface area contributed by atoms with Gasteiger partial charge in [-0.25, -0.2) is 4.98 Å². The molecule has 2 N–H and O–H groups in total. The van der Waals surface area contributed by atoms with E-state index in [1.165, 1.54) is 0 Å². The summed E-state index contributed by atoms with van der Waals surface area (Å²) >= 11 is 0. The number of aliphatic hydroxyl groups is 1. The van der Waals surface area contributed by atoms with Crippen LogP contribution in [0.25, 0.3) is 5.69 Å². The van der Waals surface area contributed by atoms with E-state index < -0.39 is 5.60 Å². The quantitative estimate of drug-likeness (QED) is 0.895. The number of imidazole rings is 1. The van der Waals surface area contributed by atoms with Crippen LogP contribution in [0.2, 0.25) is 0 Å². The number of carbonyl (C=O) groups is 1. The zero-order valence-corrected chi connectivity index (χ0v) is 14.7. The molecule has 2 bridgehead atoms. The van der Waals surface area contributed by atoms with Crippen molar-refractivity contribution in [3.05, 3.63) is 42.0 Å². The van der Waals surface area contributed by atoms with Crippen LogP contribution in [0.1, 0.15) is 24.2 Å². The number of hydrogen-bond acceptors (Lipinski definition) is 4. The van der Waals surface area contributed by atoms with Gasteiger partial charge >= 0.3 is 0 Å². The van der Waals surface area contributed by atoms with Crippen LogP contribution in [-0.4, -0.2) is 50.7 Å². The number of benzene rings is 1. The summed E-state index contributed by atoms with van der Waals surface area (Å²) in [5.41, 5.74) is 2.53. The Bertz CT molecular complexity index is 790. The Balaban J connectivity index is 1.50. The lowest BCUT2D eigenvalue weighted by Gasteiger charge is -2.49. The Labute approximate surface area is 147 Å². The van der Waals surface area contributed by atoms with E-state index in [9.17, 15) is 9.90 Å². The van der Waals surface area contributed by atoms with Crippen molar-refractivity contribution in [1.82, 2.24) is 14.5 Å². The van der Waals surface area contributed by atoms with Gasteiger partial charge in [-0.15, -0.1) is 0 Å². The molecule has 5 rings (SSSR count). The van der Waals surface area contributed by atoms with Gasteiger partial charge in [0.1, 0.15) is 0 Å². The van der Waals surface area contributed by atoms with E-state index in [-0.39, 0.29) is 11.8 Å². The molecule has 3 aliphatic heterocycles. The molecule has 1 aromatic carbocycles. The van der Waals surface area contributed by atoms with Crippen LogP contribution < -0.4 is 5.32 Å². The highest BCUT2D eigenvalue weighted by Crippen LogP contribution is 2.36. The van der Waals surface area contributed by atoms with E-state index in [4.69, 9.17) is 0 Å². The molecule has 4 heterocycles. The predicted molar refractivity (Wildman–Crippen MR) is 95.8 cm³/mol. The number of rotatable bonds is 3. The van der Waals surface area contributed by atoms with Gasteiger partial charge in [0, 0.05) is 29.5 Å². The fourth-order valence-electron chi connectivity index (χ4n) is 4.00. The van der Waals surface area contributed by atoms with E-state index in [1.807, 2.05) is 42.7 Å². The van der Waals surface area contributed by atoms with E-state index in [1.54, 1.807) is 6.33 Å². The number of anilines is 1. The van der Waals surface area contributed by atoms with Gasteiger partial charge < -0.3 is 15.0 Å². The summed E-state index contributed by atoms with van der Waals surface area (Å²) in [5, 5.41) is 13.8. The first kappa shape index (κ1) is 16.3. The van der Waals surface area contributed by atoms with Gasteiger partial charge in [-0.2, -0.15) is 0 Å². The summed E-state index contributed by atoms with van der Waals surface area (Å²) in [4.78, 5) is 19.2. The molecule has 0 spiro atoms. The predicted octanol–water partition coefficient (Wildman–Crippen LogP) is 1.88. The summed E-state index contributed by atoms with van der Waals surface area (Å²) in [5.74, 6) is -0.224. The standard InChI is InChI=1S/C19H24N4O2/c1-13-14(2)23(12-20-13)17-5-3-16(4-6-17)21-18(24)19(25)11-22-9-7-15(19)8-10-22/h3-6,12,15,25H,7-11H2,1-2H3,(H,21,24). The summed E-state index contributed by atoms with van der Waals surface area (Å²) in [6.07, 6.45) is 3.58. The highest BCUT2D eigenvalue weighted by Gasteiger charge is 2.50. The van der Waals surface area contributed by atoms with Gasteiger partial charge in [-0.1, -0.05) is 0 Å². The van der Waals surface area contributed by atoms with Crippen LogP contribution >= 0.6 is 0 Å². The second-order valence-corrected chi connectivity index (χ2v) is 7.26. The first-order chi connectivity index (χ1) is 12.0. The first-order valence-electron chi connectivity index (χ1n) is 8.84. The van der Waals surface area contributed by atoms with Crippen LogP contribution in [0.3, 0.4) is 0 Å². The monoisotopic (exact) mass is 340 g/mol. The van der Waals surface area contributed by atoms with Crippen molar-refractivity contribution in [3.8, 4) is 5.69 Å². The summed E-state index contributed by atoms with van der Waals surface area (Å²) in [7, 11) is 0. The summed E-state index contributed by atoms with van der Waals surface area (Å²) in [6, 6.07) is 7.63. The van der Waals surface area contributed by atoms with Gasteiger partial charge in [0.25, 0.3) is 5.91 Å². The SMILES string of the molecule is Cc1ncn(-c2ccc(NC(=O)C3(O)CN4CCC3CC4)cc2)c1C. The third-order valence-electron chi connectivity index (χ3n) is 5.78. The Morgan fingerprint density at radius 1 is 1.24 bits per heavy atom. The lowest BCUT2D eigenvalue weighted by molar-refractivity contribution is -0.156. The van der Waals surface area contributed by atoms with Crippen LogP contribution in [0.5, 0.6) is 0 Å².